The standard InChI is InChI=1S/C17H24N2O2S/c1-3-19(4-2)13-9-7-12(8-10-13)16-18-17(21)11-5-6-14(20)15(17)22-16/h7-10,14-15,20-21H,3-6,11H2,1-2H3. The van der Waals surface area contributed by atoms with Gasteiger partial charge in [0, 0.05) is 24.3 Å². The van der Waals surface area contributed by atoms with E-state index in [1.165, 1.54) is 17.4 Å². The van der Waals surface area contributed by atoms with Crippen molar-refractivity contribution in [3.8, 4) is 0 Å². The second-order valence-electron chi connectivity index (χ2n) is 6.01. The van der Waals surface area contributed by atoms with Crippen LogP contribution >= 0.6 is 11.8 Å². The number of aliphatic hydroxyl groups is 2. The van der Waals surface area contributed by atoms with Crippen molar-refractivity contribution in [1.82, 2.24) is 0 Å². The molecule has 4 nitrogen and oxygen atoms in total. The van der Waals surface area contributed by atoms with Gasteiger partial charge in [0.25, 0.3) is 0 Å². The number of aliphatic imine (C=N–C) groups is 1. The van der Waals surface area contributed by atoms with E-state index in [4.69, 9.17) is 0 Å². The highest BCUT2D eigenvalue weighted by molar-refractivity contribution is 8.15. The predicted octanol–water partition coefficient (Wildman–Crippen LogP) is 2.63. The smallest absolute Gasteiger partial charge is 0.172 e. The fourth-order valence-corrected chi connectivity index (χ4v) is 4.70. The number of anilines is 1. The summed E-state index contributed by atoms with van der Waals surface area (Å²) in [4.78, 5) is 6.84. The summed E-state index contributed by atoms with van der Waals surface area (Å²) < 4.78 is 0. The molecule has 1 fully saturated rings. The Bertz CT molecular complexity index is 556. The summed E-state index contributed by atoms with van der Waals surface area (Å²) in [5.41, 5.74) is 1.14. The van der Waals surface area contributed by atoms with E-state index in [0.29, 0.717) is 6.42 Å². The Hall–Kier alpha value is -1.04. The highest BCUT2D eigenvalue weighted by Gasteiger charge is 2.49. The molecule has 2 aliphatic rings. The van der Waals surface area contributed by atoms with E-state index in [0.717, 1.165) is 36.5 Å². The zero-order valence-corrected chi connectivity index (χ0v) is 14.0. The number of benzene rings is 1. The molecule has 22 heavy (non-hydrogen) atoms. The van der Waals surface area contributed by atoms with Crippen molar-refractivity contribution in [2.45, 2.75) is 50.2 Å². The van der Waals surface area contributed by atoms with Gasteiger partial charge in [0.15, 0.2) is 5.72 Å². The van der Waals surface area contributed by atoms with E-state index in [1.54, 1.807) is 0 Å². The summed E-state index contributed by atoms with van der Waals surface area (Å²) in [5, 5.41) is 21.4. The first-order valence-electron chi connectivity index (χ1n) is 8.09. The van der Waals surface area contributed by atoms with Crippen LogP contribution in [0.25, 0.3) is 0 Å². The largest absolute Gasteiger partial charge is 0.392 e. The van der Waals surface area contributed by atoms with Gasteiger partial charge in [0.05, 0.1) is 11.4 Å². The Kier molecular flexibility index (Phi) is 4.48. The van der Waals surface area contributed by atoms with Gasteiger partial charge < -0.3 is 15.1 Å². The van der Waals surface area contributed by atoms with Crippen LogP contribution in [0, 0.1) is 0 Å². The lowest BCUT2D eigenvalue weighted by atomic mass is 9.89. The number of hydrogen-bond acceptors (Lipinski definition) is 5. The van der Waals surface area contributed by atoms with Gasteiger partial charge in [-0.05, 0) is 45.2 Å². The normalized spacial score (nSPS) is 30.8. The van der Waals surface area contributed by atoms with Crippen molar-refractivity contribution in [3.05, 3.63) is 29.8 Å². The van der Waals surface area contributed by atoms with E-state index in [2.05, 4.69) is 48.0 Å². The number of thioether (sulfide) groups is 1. The van der Waals surface area contributed by atoms with Crippen molar-refractivity contribution in [2.24, 2.45) is 4.99 Å². The minimum Gasteiger partial charge on any atom is -0.392 e. The minimum atomic E-state index is -1.09. The van der Waals surface area contributed by atoms with E-state index in [-0.39, 0.29) is 5.25 Å². The number of hydrogen-bond donors (Lipinski definition) is 2. The van der Waals surface area contributed by atoms with E-state index in [1.807, 2.05) is 0 Å². The van der Waals surface area contributed by atoms with Gasteiger partial charge in [-0.15, -0.1) is 0 Å². The Morgan fingerprint density at radius 2 is 1.95 bits per heavy atom. The zero-order valence-electron chi connectivity index (χ0n) is 13.2. The molecule has 1 saturated carbocycles. The Balaban J connectivity index is 1.82. The van der Waals surface area contributed by atoms with Crippen LogP contribution in [0.15, 0.2) is 29.3 Å². The van der Waals surface area contributed by atoms with Gasteiger partial charge in [-0.2, -0.15) is 0 Å². The molecule has 3 rings (SSSR count). The maximum absolute atomic E-state index is 10.7. The van der Waals surface area contributed by atoms with Crippen molar-refractivity contribution < 1.29 is 10.2 Å². The lowest BCUT2D eigenvalue weighted by Gasteiger charge is -2.34. The molecule has 0 amide bonds. The molecule has 0 spiro atoms. The predicted molar refractivity (Wildman–Crippen MR) is 92.7 cm³/mol. The average molecular weight is 320 g/mol. The maximum Gasteiger partial charge on any atom is 0.172 e. The van der Waals surface area contributed by atoms with Crippen LogP contribution in [0.1, 0.15) is 38.7 Å². The lowest BCUT2D eigenvalue weighted by molar-refractivity contribution is -0.0273. The van der Waals surface area contributed by atoms with Crippen LogP contribution in [0.2, 0.25) is 0 Å². The molecule has 1 aromatic carbocycles. The summed E-state index contributed by atoms with van der Waals surface area (Å²) in [6.45, 7) is 6.27. The van der Waals surface area contributed by atoms with Crippen LogP contribution in [0.4, 0.5) is 5.69 Å². The topological polar surface area (TPSA) is 56.1 Å². The molecule has 5 heteroatoms. The summed E-state index contributed by atoms with van der Waals surface area (Å²) in [6, 6.07) is 8.33. The third-order valence-electron chi connectivity index (χ3n) is 4.63. The monoisotopic (exact) mass is 320 g/mol. The molecule has 0 radical (unpaired) electrons. The molecule has 2 N–H and O–H groups in total. The summed E-state index contributed by atoms with van der Waals surface area (Å²) in [7, 11) is 0. The third kappa shape index (κ3) is 2.77. The molecule has 120 valence electrons. The molecule has 0 saturated heterocycles. The number of rotatable bonds is 4. The molecule has 3 atom stereocenters. The Morgan fingerprint density at radius 3 is 2.55 bits per heavy atom. The quantitative estimate of drug-likeness (QED) is 0.895. The fraction of sp³-hybridized carbons (Fsp3) is 0.588. The molecule has 1 aromatic rings. The molecule has 1 aliphatic heterocycles. The van der Waals surface area contributed by atoms with Crippen molar-refractivity contribution in [1.29, 1.82) is 0 Å². The van der Waals surface area contributed by atoms with Gasteiger partial charge >= 0.3 is 0 Å². The fourth-order valence-electron chi connectivity index (χ4n) is 3.32. The molecule has 1 heterocycles. The zero-order chi connectivity index (χ0) is 15.7. The van der Waals surface area contributed by atoms with E-state index in [9.17, 15) is 10.2 Å². The van der Waals surface area contributed by atoms with Crippen LogP contribution in [-0.4, -0.2) is 45.4 Å². The van der Waals surface area contributed by atoms with Gasteiger partial charge in [0.2, 0.25) is 0 Å². The van der Waals surface area contributed by atoms with E-state index < -0.39 is 11.8 Å². The maximum atomic E-state index is 10.7. The van der Waals surface area contributed by atoms with E-state index >= 15 is 0 Å². The number of aliphatic hydroxyl groups excluding tert-OH is 1. The first-order chi connectivity index (χ1) is 10.6. The first kappa shape index (κ1) is 15.8. The Labute approximate surface area is 136 Å². The van der Waals surface area contributed by atoms with Crippen molar-refractivity contribution in [2.75, 3.05) is 18.0 Å². The van der Waals surface area contributed by atoms with Gasteiger partial charge in [-0.25, -0.2) is 4.99 Å². The van der Waals surface area contributed by atoms with Crippen molar-refractivity contribution >= 4 is 22.5 Å². The first-order valence-corrected chi connectivity index (χ1v) is 8.97. The minimum absolute atomic E-state index is 0.223. The van der Waals surface area contributed by atoms with Crippen LogP contribution in [0.3, 0.4) is 0 Å². The number of fused-ring (bicyclic) bond motifs is 1. The number of nitrogens with zero attached hydrogens (tertiary/aromatic N) is 2. The molecule has 0 bridgehead atoms. The lowest BCUT2D eigenvalue weighted by Crippen LogP contribution is -2.46. The van der Waals surface area contributed by atoms with Gasteiger partial charge in [0.1, 0.15) is 5.04 Å². The van der Waals surface area contributed by atoms with Crippen molar-refractivity contribution in [3.63, 3.8) is 0 Å². The third-order valence-corrected chi connectivity index (χ3v) is 6.12. The highest BCUT2D eigenvalue weighted by Crippen LogP contribution is 2.45. The molecule has 0 aromatic heterocycles. The van der Waals surface area contributed by atoms with Gasteiger partial charge in [-0.1, -0.05) is 23.9 Å². The molecular weight excluding hydrogens is 296 g/mol. The second kappa shape index (κ2) is 6.22. The van der Waals surface area contributed by atoms with Crippen LogP contribution < -0.4 is 4.90 Å². The average Bonchev–Trinajstić information content (AvgIpc) is 2.88. The summed E-state index contributed by atoms with van der Waals surface area (Å²) in [6.07, 6.45) is 1.75. The molecular formula is C17H24N2O2S. The van der Waals surface area contributed by atoms with Gasteiger partial charge in [-0.3, -0.25) is 0 Å². The molecule has 3 unspecified atom stereocenters. The highest BCUT2D eigenvalue weighted by atomic mass is 32.2. The molecule has 1 aliphatic carbocycles. The SMILES string of the molecule is CCN(CC)c1ccc(C2=NC3(O)CCCC(O)C3S2)cc1. The second-order valence-corrected chi connectivity index (χ2v) is 7.14. The summed E-state index contributed by atoms with van der Waals surface area (Å²) in [5.74, 6) is 0. The Morgan fingerprint density at radius 1 is 1.27 bits per heavy atom. The van der Waals surface area contributed by atoms with Crippen LogP contribution in [-0.2, 0) is 0 Å². The summed E-state index contributed by atoms with van der Waals surface area (Å²) >= 11 is 1.52. The van der Waals surface area contributed by atoms with Crippen LogP contribution in [0.5, 0.6) is 0 Å².